The van der Waals surface area contributed by atoms with Crippen molar-refractivity contribution in [2.24, 2.45) is 0 Å². The zero-order valence-corrected chi connectivity index (χ0v) is 11.7. The third kappa shape index (κ3) is 2.75. The highest BCUT2D eigenvalue weighted by molar-refractivity contribution is 7.14. The van der Waals surface area contributed by atoms with E-state index in [4.69, 9.17) is 16.9 Å². The lowest BCUT2D eigenvalue weighted by Gasteiger charge is -2.16. The number of rotatable bonds is 4. The zero-order chi connectivity index (χ0) is 13.8. The first-order valence-electron chi connectivity index (χ1n) is 5.45. The number of benzene rings is 1. The molecule has 0 radical (unpaired) electrons. The number of nitrogens with zero attached hydrogens (tertiary/aromatic N) is 3. The molecule has 0 saturated heterocycles. The molecular formula is C13H10ClN3OS. The summed E-state index contributed by atoms with van der Waals surface area (Å²) < 4.78 is 0. The lowest BCUT2D eigenvalue weighted by Crippen LogP contribution is -2.11. The fraction of sp³-hybridized carbons (Fsp3) is 0.154. The van der Waals surface area contributed by atoms with E-state index in [0.717, 1.165) is 5.69 Å². The summed E-state index contributed by atoms with van der Waals surface area (Å²) in [6.45, 7) is 0. The van der Waals surface area contributed by atoms with E-state index in [2.05, 4.69) is 11.1 Å². The van der Waals surface area contributed by atoms with E-state index in [1.807, 2.05) is 19.2 Å². The Morgan fingerprint density at radius 1 is 1.53 bits per heavy atom. The molecule has 0 bridgehead atoms. The normalized spacial score (nSPS) is 9.95. The summed E-state index contributed by atoms with van der Waals surface area (Å²) in [4.78, 5) is 17.5. The summed E-state index contributed by atoms with van der Waals surface area (Å²) in [5, 5.41) is 11.4. The summed E-state index contributed by atoms with van der Waals surface area (Å²) in [6.07, 6.45) is 0. The quantitative estimate of drug-likeness (QED) is 0.641. The maximum absolute atomic E-state index is 11.5. The smallest absolute Gasteiger partial charge is 0.196 e. The number of para-hydroxylation sites is 1. The van der Waals surface area contributed by atoms with Crippen molar-refractivity contribution in [3.63, 3.8) is 0 Å². The standard InChI is InChI=1S/C13H10ClN3OS/c1-17(11-5-3-2-4-9(11)7-15)13-16-10(8-19-13)12(18)6-14/h2-5,8H,6H2,1H3. The Hall–Kier alpha value is -1.90. The minimum atomic E-state index is -0.203. The van der Waals surface area contributed by atoms with Gasteiger partial charge >= 0.3 is 0 Å². The Balaban J connectivity index is 2.34. The molecule has 1 aromatic heterocycles. The van der Waals surface area contributed by atoms with Crippen molar-refractivity contribution in [2.75, 3.05) is 17.8 Å². The van der Waals surface area contributed by atoms with E-state index in [1.54, 1.807) is 22.4 Å². The van der Waals surface area contributed by atoms with Crippen LogP contribution in [0.3, 0.4) is 0 Å². The largest absolute Gasteiger partial charge is 0.320 e. The van der Waals surface area contributed by atoms with Gasteiger partial charge < -0.3 is 4.90 Å². The second-order valence-corrected chi connectivity index (χ2v) is 4.86. The third-order valence-corrected chi connectivity index (χ3v) is 3.73. The van der Waals surface area contributed by atoms with E-state index in [0.29, 0.717) is 16.4 Å². The molecule has 2 rings (SSSR count). The minimum Gasteiger partial charge on any atom is -0.320 e. The molecule has 2 aromatic rings. The highest BCUT2D eigenvalue weighted by Gasteiger charge is 2.15. The van der Waals surface area contributed by atoms with Crippen molar-refractivity contribution in [3.05, 3.63) is 40.9 Å². The number of hydrogen-bond donors (Lipinski definition) is 0. The molecule has 0 spiro atoms. The molecular weight excluding hydrogens is 282 g/mol. The lowest BCUT2D eigenvalue weighted by molar-refractivity contribution is 0.101. The first kappa shape index (κ1) is 13.5. The molecule has 0 fully saturated rings. The number of anilines is 2. The van der Waals surface area contributed by atoms with Gasteiger partial charge in [0.1, 0.15) is 11.8 Å². The summed E-state index contributed by atoms with van der Waals surface area (Å²) in [7, 11) is 1.81. The fourth-order valence-corrected chi connectivity index (χ4v) is 2.52. The van der Waals surface area contributed by atoms with Gasteiger partial charge in [-0.2, -0.15) is 5.26 Å². The highest BCUT2D eigenvalue weighted by Crippen LogP contribution is 2.29. The number of nitriles is 1. The monoisotopic (exact) mass is 291 g/mol. The van der Waals surface area contributed by atoms with Crippen molar-refractivity contribution >= 4 is 39.5 Å². The van der Waals surface area contributed by atoms with Gasteiger partial charge in [-0.05, 0) is 12.1 Å². The highest BCUT2D eigenvalue weighted by atomic mass is 35.5. The van der Waals surface area contributed by atoms with Crippen molar-refractivity contribution in [3.8, 4) is 6.07 Å². The first-order valence-corrected chi connectivity index (χ1v) is 6.86. The van der Waals surface area contributed by atoms with Crippen LogP contribution in [-0.2, 0) is 0 Å². The number of hydrogen-bond acceptors (Lipinski definition) is 5. The Labute approximate surface area is 119 Å². The molecule has 0 aliphatic rings. The number of halogens is 1. The van der Waals surface area contributed by atoms with Gasteiger partial charge in [-0.15, -0.1) is 22.9 Å². The topological polar surface area (TPSA) is 57.0 Å². The van der Waals surface area contributed by atoms with Crippen LogP contribution >= 0.6 is 22.9 Å². The van der Waals surface area contributed by atoms with E-state index >= 15 is 0 Å². The minimum absolute atomic E-state index is 0.0817. The van der Waals surface area contributed by atoms with Gasteiger partial charge in [-0.1, -0.05) is 12.1 Å². The van der Waals surface area contributed by atoms with E-state index in [9.17, 15) is 4.79 Å². The Kier molecular flexibility index (Phi) is 4.15. The molecule has 0 aliphatic carbocycles. The molecule has 0 saturated carbocycles. The van der Waals surface area contributed by atoms with Crippen molar-refractivity contribution in [2.45, 2.75) is 0 Å². The molecule has 0 atom stereocenters. The van der Waals surface area contributed by atoms with Gasteiger partial charge in [0, 0.05) is 12.4 Å². The number of carbonyl (C=O) groups excluding carboxylic acids is 1. The molecule has 0 aliphatic heterocycles. The molecule has 4 nitrogen and oxygen atoms in total. The van der Waals surface area contributed by atoms with Crippen molar-refractivity contribution in [1.29, 1.82) is 5.26 Å². The van der Waals surface area contributed by atoms with Gasteiger partial charge in [0.15, 0.2) is 10.9 Å². The van der Waals surface area contributed by atoms with Crippen LogP contribution in [0.1, 0.15) is 16.1 Å². The Morgan fingerprint density at radius 2 is 2.26 bits per heavy atom. The maximum atomic E-state index is 11.5. The lowest BCUT2D eigenvalue weighted by atomic mass is 10.2. The van der Waals surface area contributed by atoms with Gasteiger partial charge in [0.05, 0.1) is 17.1 Å². The average Bonchev–Trinajstić information content (AvgIpc) is 2.95. The van der Waals surface area contributed by atoms with Gasteiger partial charge in [0.2, 0.25) is 0 Å². The summed E-state index contributed by atoms with van der Waals surface area (Å²) in [5.41, 5.74) is 1.67. The summed E-state index contributed by atoms with van der Waals surface area (Å²) in [5.74, 6) is -0.284. The molecule has 19 heavy (non-hydrogen) atoms. The van der Waals surface area contributed by atoms with Crippen LogP contribution in [0, 0.1) is 11.3 Å². The number of carbonyl (C=O) groups is 1. The number of ketones is 1. The summed E-state index contributed by atoms with van der Waals surface area (Å²) in [6, 6.07) is 9.37. The second kappa shape index (κ2) is 5.83. The van der Waals surface area contributed by atoms with Gasteiger partial charge in [0.25, 0.3) is 0 Å². The predicted molar refractivity (Wildman–Crippen MR) is 76.4 cm³/mol. The van der Waals surface area contributed by atoms with Crippen LogP contribution in [-0.4, -0.2) is 23.7 Å². The van der Waals surface area contributed by atoms with E-state index in [-0.39, 0.29) is 11.7 Å². The molecule has 0 N–H and O–H groups in total. The summed E-state index contributed by atoms with van der Waals surface area (Å²) >= 11 is 6.84. The van der Waals surface area contributed by atoms with Crippen molar-refractivity contribution < 1.29 is 4.79 Å². The number of Topliss-reactive ketones (excluding diaryl/α,β-unsaturated/α-hetero) is 1. The molecule has 0 unspecified atom stereocenters. The predicted octanol–water partition coefficient (Wildman–Crippen LogP) is 3.20. The van der Waals surface area contributed by atoms with Crippen LogP contribution < -0.4 is 4.90 Å². The molecule has 96 valence electrons. The van der Waals surface area contributed by atoms with Gasteiger partial charge in [-0.25, -0.2) is 4.98 Å². The van der Waals surface area contributed by atoms with Crippen LogP contribution in [0.25, 0.3) is 0 Å². The molecule has 1 aromatic carbocycles. The molecule has 0 amide bonds. The Morgan fingerprint density at radius 3 is 2.95 bits per heavy atom. The van der Waals surface area contributed by atoms with Crippen LogP contribution in [0.15, 0.2) is 29.6 Å². The van der Waals surface area contributed by atoms with E-state index in [1.165, 1.54) is 11.3 Å². The first-order chi connectivity index (χ1) is 9.17. The zero-order valence-electron chi connectivity index (χ0n) is 10.1. The van der Waals surface area contributed by atoms with Crippen LogP contribution in [0.2, 0.25) is 0 Å². The third-order valence-electron chi connectivity index (χ3n) is 2.57. The fourth-order valence-electron chi connectivity index (χ4n) is 1.58. The van der Waals surface area contributed by atoms with Gasteiger partial charge in [-0.3, -0.25) is 4.79 Å². The SMILES string of the molecule is CN(c1nc(C(=O)CCl)cs1)c1ccccc1C#N. The average molecular weight is 292 g/mol. The van der Waals surface area contributed by atoms with Crippen LogP contribution in [0.4, 0.5) is 10.8 Å². The molecule has 6 heteroatoms. The number of aromatic nitrogens is 1. The van der Waals surface area contributed by atoms with Crippen LogP contribution in [0.5, 0.6) is 0 Å². The maximum Gasteiger partial charge on any atom is 0.196 e. The number of alkyl halides is 1. The van der Waals surface area contributed by atoms with E-state index < -0.39 is 0 Å². The number of thiazole rings is 1. The van der Waals surface area contributed by atoms with Crippen molar-refractivity contribution in [1.82, 2.24) is 4.98 Å². The molecule has 1 heterocycles. The Bertz CT molecular complexity index is 647. The second-order valence-electron chi connectivity index (χ2n) is 3.76.